The van der Waals surface area contributed by atoms with Gasteiger partial charge in [0.05, 0.1) is 11.2 Å². The maximum absolute atomic E-state index is 13.0. The number of aromatic nitrogens is 3. The molecule has 3 heterocycles. The van der Waals surface area contributed by atoms with Gasteiger partial charge in [-0.05, 0) is 69.7 Å². The van der Waals surface area contributed by atoms with Gasteiger partial charge in [0.2, 0.25) is 0 Å². The van der Waals surface area contributed by atoms with E-state index in [0.717, 1.165) is 99.7 Å². The van der Waals surface area contributed by atoms with Gasteiger partial charge in [0.15, 0.2) is 0 Å². The van der Waals surface area contributed by atoms with Crippen molar-refractivity contribution in [3.63, 3.8) is 0 Å². The van der Waals surface area contributed by atoms with E-state index < -0.39 is 0 Å². The Balaban J connectivity index is 1.12. The van der Waals surface area contributed by atoms with Crippen LogP contribution in [-0.2, 0) is 25.8 Å². The fourth-order valence-corrected chi connectivity index (χ4v) is 5.50. The van der Waals surface area contributed by atoms with Gasteiger partial charge in [0.25, 0.3) is 5.56 Å². The first-order valence-corrected chi connectivity index (χ1v) is 13.1. The van der Waals surface area contributed by atoms with E-state index >= 15 is 0 Å². The third-order valence-electron chi connectivity index (χ3n) is 7.57. The number of hydrogen-bond donors (Lipinski definition) is 0. The molecule has 0 bridgehead atoms. The number of fused-ring (bicyclic) bond motifs is 2. The minimum atomic E-state index is 0.215. The second-order valence-corrected chi connectivity index (χ2v) is 10.00. The van der Waals surface area contributed by atoms with Crippen LogP contribution in [0.3, 0.4) is 0 Å². The maximum Gasteiger partial charge on any atom is 0.256 e. The summed E-state index contributed by atoms with van der Waals surface area (Å²) in [5, 5.41) is 1.20. The van der Waals surface area contributed by atoms with E-state index in [1.54, 1.807) is 0 Å². The molecule has 1 aliphatic heterocycles. The van der Waals surface area contributed by atoms with E-state index in [1.807, 2.05) is 4.57 Å². The van der Waals surface area contributed by atoms with E-state index in [4.69, 9.17) is 9.97 Å². The van der Waals surface area contributed by atoms with Crippen molar-refractivity contribution >= 4 is 16.7 Å². The summed E-state index contributed by atoms with van der Waals surface area (Å²) in [6.45, 7) is 10.3. The van der Waals surface area contributed by atoms with Crippen molar-refractivity contribution in [2.75, 3.05) is 37.6 Å². The Bertz CT molecular complexity index is 1200. The third kappa shape index (κ3) is 4.88. The second-order valence-electron chi connectivity index (χ2n) is 10.00. The van der Waals surface area contributed by atoms with E-state index in [2.05, 4.69) is 60.0 Å². The first kappa shape index (κ1) is 23.0. The van der Waals surface area contributed by atoms with E-state index in [-0.39, 0.29) is 5.56 Å². The predicted molar refractivity (Wildman–Crippen MR) is 139 cm³/mol. The molecule has 0 spiro atoms. The number of benzene rings is 1. The molecule has 0 saturated carbocycles. The number of nitrogens with zero attached hydrogens (tertiary/aromatic N) is 5. The summed E-state index contributed by atoms with van der Waals surface area (Å²) in [6, 6.07) is 12.6. The van der Waals surface area contributed by atoms with E-state index in [9.17, 15) is 4.79 Å². The minimum absolute atomic E-state index is 0.215. The summed E-state index contributed by atoms with van der Waals surface area (Å²) in [5.41, 5.74) is 3.33. The highest BCUT2D eigenvalue weighted by Crippen LogP contribution is 2.22. The monoisotopic (exact) mass is 459 g/mol. The Labute approximate surface area is 202 Å². The largest absolute Gasteiger partial charge is 0.354 e. The van der Waals surface area contributed by atoms with Gasteiger partial charge in [-0.2, -0.15) is 0 Å². The van der Waals surface area contributed by atoms with Gasteiger partial charge in [-0.15, -0.1) is 0 Å². The highest BCUT2D eigenvalue weighted by molar-refractivity contribution is 5.80. The molecule has 1 unspecified atom stereocenters. The molecule has 2 aliphatic rings. The molecule has 34 heavy (non-hydrogen) atoms. The normalized spacial score (nSPS) is 18.9. The average Bonchev–Trinajstić information content (AvgIpc) is 2.87. The fourth-order valence-electron chi connectivity index (χ4n) is 5.50. The van der Waals surface area contributed by atoms with Crippen LogP contribution in [0.2, 0.25) is 0 Å². The molecule has 1 saturated heterocycles. The second kappa shape index (κ2) is 10.3. The molecule has 2 aromatic heterocycles. The van der Waals surface area contributed by atoms with Crippen LogP contribution in [0.4, 0.5) is 5.82 Å². The average molecular weight is 460 g/mol. The highest BCUT2D eigenvalue weighted by Gasteiger charge is 2.22. The molecule has 1 atom stereocenters. The minimum Gasteiger partial charge on any atom is -0.354 e. The summed E-state index contributed by atoms with van der Waals surface area (Å²) < 4.78 is 1.92. The molecule has 0 N–H and O–H groups in total. The zero-order chi connectivity index (χ0) is 23.5. The lowest BCUT2D eigenvalue weighted by Gasteiger charge is -2.35. The van der Waals surface area contributed by atoms with Crippen molar-refractivity contribution in [2.24, 2.45) is 5.92 Å². The van der Waals surface area contributed by atoms with Crippen LogP contribution < -0.4 is 10.5 Å². The summed E-state index contributed by atoms with van der Waals surface area (Å²) in [5.74, 6) is 2.67. The molecule has 5 rings (SSSR count). The van der Waals surface area contributed by atoms with Gasteiger partial charge in [-0.1, -0.05) is 25.1 Å². The fraction of sp³-hybridized carbons (Fsp3) is 0.536. The Morgan fingerprint density at radius 1 is 1.00 bits per heavy atom. The van der Waals surface area contributed by atoms with Crippen LogP contribution >= 0.6 is 0 Å². The van der Waals surface area contributed by atoms with Gasteiger partial charge in [0, 0.05) is 50.1 Å². The topological polar surface area (TPSA) is 54.3 Å². The van der Waals surface area contributed by atoms with Crippen LogP contribution in [0.15, 0.2) is 41.2 Å². The predicted octanol–water partition coefficient (Wildman–Crippen LogP) is 4.08. The Morgan fingerprint density at radius 2 is 1.82 bits per heavy atom. The summed E-state index contributed by atoms with van der Waals surface area (Å²) in [4.78, 5) is 27.8. The first-order valence-electron chi connectivity index (χ1n) is 13.1. The molecule has 180 valence electrons. The number of piperazine rings is 1. The Hall–Kier alpha value is -2.73. The van der Waals surface area contributed by atoms with E-state index in [0.29, 0.717) is 12.5 Å². The third-order valence-corrected chi connectivity index (χ3v) is 7.57. The van der Waals surface area contributed by atoms with Gasteiger partial charge in [0.1, 0.15) is 11.6 Å². The van der Waals surface area contributed by atoms with Crippen molar-refractivity contribution in [3.8, 4) is 0 Å². The lowest BCUT2D eigenvalue weighted by molar-refractivity contribution is 0.252. The molecule has 1 aliphatic carbocycles. The van der Waals surface area contributed by atoms with Gasteiger partial charge in [-0.3, -0.25) is 14.3 Å². The van der Waals surface area contributed by atoms with Crippen LogP contribution in [0.25, 0.3) is 10.9 Å². The molecule has 1 fully saturated rings. The van der Waals surface area contributed by atoms with Crippen molar-refractivity contribution in [1.82, 2.24) is 19.4 Å². The first-order chi connectivity index (χ1) is 16.6. The van der Waals surface area contributed by atoms with Crippen molar-refractivity contribution in [1.29, 1.82) is 0 Å². The quantitative estimate of drug-likeness (QED) is 0.499. The van der Waals surface area contributed by atoms with Crippen LogP contribution in [-0.4, -0.2) is 52.2 Å². The molecule has 0 radical (unpaired) electrons. The van der Waals surface area contributed by atoms with Crippen molar-refractivity contribution in [2.45, 2.75) is 58.9 Å². The number of pyridine rings is 1. The van der Waals surface area contributed by atoms with Gasteiger partial charge < -0.3 is 4.90 Å². The Kier molecular flexibility index (Phi) is 6.95. The lowest BCUT2D eigenvalue weighted by Crippen LogP contribution is -2.46. The van der Waals surface area contributed by atoms with Gasteiger partial charge >= 0.3 is 0 Å². The van der Waals surface area contributed by atoms with Crippen LogP contribution in [0.1, 0.15) is 50.2 Å². The number of unbranched alkanes of at least 4 members (excludes halogenated alkanes) is 1. The van der Waals surface area contributed by atoms with Crippen LogP contribution in [0, 0.1) is 5.92 Å². The highest BCUT2D eigenvalue weighted by atomic mass is 16.1. The van der Waals surface area contributed by atoms with Crippen molar-refractivity contribution < 1.29 is 0 Å². The molecular weight excluding hydrogens is 422 g/mol. The molecule has 6 heteroatoms. The van der Waals surface area contributed by atoms with Crippen molar-refractivity contribution in [3.05, 3.63) is 63.8 Å². The number of para-hydroxylation sites is 1. The standard InChI is InChI=1S/C28H37N5O/c1-3-33-27(30-25-13-11-21(2)20-23(25)28(33)34)10-6-7-15-31-16-18-32(19-17-31)26-14-12-22-8-4-5-9-24(22)29-26/h4-5,8-9,12,14,21H,3,6-7,10-11,13,15-20H2,1-2H3. The smallest absolute Gasteiger partial charge is 0.256 e. The molecule has 1 aromatic carbocycles. The molecule has 3 aromatic rings. The van der Waals surface area contributed by atoms with Gasteiger partial charge in [-0.25, -0.2) is 9.97 Å². The zero-order valence-corrected chi connectivity index (χ0v) is 20.7. The molecule has 6 nitrogen and oxygen atoms in total. The molecule has 0 amide bonds. The maximum atomic E-state index is 13.0. The SMILES string of the molecule is CCn1c(CCCCN2CCN(c3ccc4ccccc4n3)CC2)nc2c(c1=O)CC(C)CC2. The summed E-state index contributed by atoms with van der Waals surface area (Å²) in [6.07, 6.45) is 6.11. The summed E-state index contributed by atoms with van der Waals surface area (Å²) >= 11 is 0. The molecular formula is C28H37N5O. The van der Waals surface area contributed by atoms with Crippen LogP contribution in [0.5, 0.6) is 0 Å². The number of rotatable bonds is 7. The number of aryl methyl sites for hydroxylation is 2. The number of hydrogen-bond acceptors (Lipinski definition) is 5. The number of anilines is 1. The Morgan fingerprint density at radius 3 is 2.65 bits per heavy atom. The summed E-state index contributed by atoms with van der Waals surface area (Å²) in [7, 11) is 0. The zero-order valence-electron chi connectivity index (χ0n) is 20.7. The van der Waals surface area contributed by atoms with E-state index in [1.165, 1.54) is 5.39 Å². The lowest BCUT2D eigenvalue weighted by atomic mass is 9.88.